The summed E-state index contributed by atoms with van der Waals surface area (Å²) in [5, 5.41) is 14.9. The minimum Gasteiger partial charge on any atom is -0.422 e. The van der Waals surface area contributed by atoms with Gasteiger partial charge in [-0.2, -0.15) is 10.4 Å². The lowest BCUT2D eigenvalue weighted by Gasteiger charge is -2.07. The first-order valence-corrected chi connectivity index (χ1v) is 11.9. The predicted molar refractivity (Wildman–Crippen MR) is 146 cm³/mol. The zero-order chi connectivity index (χ0) is 26.5. The number of H-pyrrole nitrogens is 1. The molecule has 0 atom stereocenters. The first-order valence-electron chi connectivity index (χ1n) is 11.6. The number of aromatic amines is 1. The second-order valence-electron chi connectivity index (χ2n) is 8.21. The number of para-hydroxylation sites is 2. The number of benzene rings is 4. The van der Waals surface area contributed by atoms with Crippen molar-refractivity contribution in [2.45, 2.75) is 0 Å². The van der Waals surface area contributed by atoms with Gasteiger partial charge >= 0.3 is 5.97 Å². The Balaban J connectivity index is 1.41. The summed E-state index contributed by atoms with van der Waals surface area (Å²) in [6.07, 6.45) is 1.40. The Kier molecular flexibility index (Phi) is 6.98. The molecule has 0 saturated carbocycles. The number of amides is 1. The number of rotatable bonds is 6. The van der Waals surface area contributed by atoms with Gasteiger partial charge < -0.3 is 9.72 Å². The summed E-state index contributed by atoms with van der Waals surface area (Å²) in [5.74, 6) is -0.763. The van der Waals surface area contributed by atoms with Gasteiger partial charge in [0, 0.05) is 21.5 Å². The minimum atomic E-state index is -0.551. The molecule has 5 rings (SSSR count). The van der Waals surface area contributed by atoms with Gasteiger partial charge in [0.1, 0.15) is 17.5 Å². The third-order valence-electron chi connectivity index (χ3n) is 5.82. The normalized spacial score (nSPS) is 10.8. The van der Waals surface area contributed by atoms with Crippen molar-refractivity contribution in [2.24, 2.45) is 5.10 Å². The predicted octanol–water partition coefficient (Wildman–Crippen LogP) is 6.34. The maximum absolute atomic E-state index is 13.2. The van der Waals surface area contributed by atoms with E-state index < -0.39 is 11.9 Å². The first kappa shape index (κ1) is 24.5. The average Bonchev–Trinajstić information content (AvgIpc) is 3.35. The highest BCUT2D eigenvalue weighted by molar-refractivity contribution is 6.30. The molecule has 38 heavy (non-hydrogen) atoms. The van der Waals surface area contributed by atoms with Gasteiger partial charge in [0.2, 0.25) is 0 Å². The van der Waals surface area contributed by atoms with E-state index in [0.29, 0.717) is 32.8 Å². The lowest BCUT2D eigenvalue weighted by molar-refractivity contribution is 0.0734. The summed E-state index contributed by atoms with van der Waals surface area (Å²) >= 11 is 5.89. The van der Waals surface area contributed by atoms with Crippen molar-refractivity contribution < 1.29 is 14.3 Å². The van der Waals surface area contributed by atoms with E-state index in [9.17, 15) is 14.9 Å². The molecule has 0 unspecified atom stereocenters. The van der Waals surface area contributed by atoms with Crippen molar-refractivity contribution in [2.75, 3.05) is 0 Å². The number of nitriles is 1. The van der Waals surface area contributed by atoms with Crippen molar-refractivity contribution >= 4 is 40.6 Å². The molecule has 184 valence electrons. The number of hydrogen-bond acceptors (Lipinski definition) is 5. The Morgan fingerprint density at radius 2 is 1.66 bits per heavy atom. The van der Waals surface area contributed by atoms with Crippen LogP contribution in [-0.4, -0.2) is 23.1 Å². The molecule has 0 radical (unpaired) electrons. The second-order valence-corrected chi connectivity index (χ2v) is 8.65. The molecule has 1 heterocycles. The molecule has 0 saturated heterocycles. The van der Waals surface area contributed by atoms with E-state index in [0.717, 1.165) is 10.9 Å². The van der Waals surface area contributed by atoms with Gasteiger partial charge in [0.15, 0.2) is 0 Å². The fourth-order valence-corrected chi connectivity index (χ4v) is 4.15. The molecular formula is C30H19ClN4O3. The van der Waals surface area contributed by atoms with Crippen molar-refractivity contribution in [1.82, 2.24) is 10.4 Å². The molecule has 0 bridgehead atoms. The second kappa shape index (κ2) is 10.8. The Morgan fingerprint density at radius 1 is 0.921 bits per heavy atom. The highest BCUT2D eigenvalue weighted by Crippen LogP contribution is 2.33. The van der Waals surface area contributed by atoms with Crippen LogP contribution in [0.3, 0.4) is 0 Å². The van der Waals surface area contributed by atoms with Gasteiger partial charge in [0.25, 0.3) is 5.91 Å². The SMILES string of the molecule is N#Cc1cccc2c(-c3ccccc3)c(C(=O)NN=Cc3ccccc3OC(=O)c3ccc(Cl)cc3)[nH]c12. The summed E-state index contributed by atoms with van der Waals surface area (Å²) in [4.78, 5) is 28.9. The zero-order valence-electron chi connectivity index (χ0n) is 19.8. The fraction of sp³-hybridized carbons (Fsp3) is 0. The lowest BCUT2D eigenvalue weighted by Crippen LogP contribution is -2.19. The van der Waals surface area contributed by atoms with Crippen LogP contribution in [0.1, 0.15) is 32.0 Å². The van der Waals surface area contributed by atoms with Crippen LogP contribution in [0.5, 0.6) is 5.75 Å². The number of carbonyl (C=O) groups is 2. The molecule has 8 heteroatoms. The number of carbonyl (C=O) groups excluding carboxylic acids is 2. The highest BCUT2D eigenvalue weighted by atomic mass is 35.5. The van der Waals surface area contributed by atoms with Crippen LogP contribution >= 0.6 is 11.6 Å². The summed E-state index contributed by atoms with van der Waals surface area (Å²) in [6, 6.07) is 30.1. The Labute approximate surface area is 223 Å². The zero-order valence-corrected chi connectivity index (χ0v) is 20.6. The van der Waals surface area contributed by atoms with E-state index in [1.165, 1.54) is 6.21 Å². The first-order chi connectivity index (χ1) is 18.5. The van der Waals surface area contributed by atoms with Crippen molar-refractivity contribution in [3.63, 3.8) is 0 Å². The third-order valence-corrected chi connectivity index (χ3v) is 6.07. The standard InChI is InChI=1S/C30H19ClN4O3/c31-23-15-13-20(14-16-23)30(37)38-25-12-5-4-9-22(25)18-33-35-29(36)28-26(19-7-2-1-3-8-19)24-11-6-10-21(17-32)27(24)34-28/h1-16,18,34H,(H,35,36). The molecule has 0 spiro atoms. The Hall–Kier alpha value is -5.19. The number of hydrogen-bond donors (Lipinski definition) is 2. The van der Waals surface area contributed by atoms with Crippen molar-refractivity contribution in [3.05, 3.63) is 124 Å². The lowest BCUT2D eigenvalue weighted by atomic mass is 10.0. The smallest absolute Gasteiger partial charge is 0.343 e. The summed E-state index contributed by atoms with van der Waals surface area (Å²) in [6.45, 7) is 0. The van der Waals surface area contributed by atoms with Gasteiger partial charge in [-0.15, -0.1) is 0 Å². The summed E-state index contributed by atoms with van der Waals surface area (Å²) < 4.78 is 5.53. The van der Waals surface area contributed by atoms with Crippen LogP contribution in [0.15, 0.2) is 102 Å². The van der Waals surface area contributed by atoms with E-state index in [4.69, 9.17) is 16.3 Å². The largest absolute Gasteiger partial charge is 0.422 e. The summed E-state index contributed by atoms with van der Waals surface area (Å²) in [5.41, 5.74) is 6.13. The van der Waals surface area contributed by atoms with Crippen LogP contribution in [-0.2, 0) is 0 Å². The molecule has 1 amide bonds. The van der Waals surface area contributed by atoms with Gasteiger partial charge in [-0.25, -0.2) is 10.2 Å². The maximum Gasteiger partial charge on any atom is 0.343 e. The Bertz CT molecular complexity index is 1720. The molecule has 5 aromatic rings. The minimum absolute atomic E-state index is 0.272. The number of esters is 1. The summed E-state index contributed by atoms with van der Waals surface area (Å²) in [7, 11) is 0. The number of aromatic nitrogens is 1. The van der Waals surface area contributed by atoms with Crippen LogP contribution in [0.4, 0.5) is 0 Å². The quantitative estimate of drug-likeness (QED) is 0.118. The topological polar surface area (TPSA) is 107 Å². The van der Waals surface area contributed by atoms with Gasteiger partial charge in [0.05, 0.1) is 22.9 Å². The van der Waals surface area contributed by atoms with Crippen LogP contribution in [0, 0.1) is 11.3 Å². The molecule has 7 nitrogen and oxygen atoms in total. The maximum atomic E-state index is 13.2. The van der Waals surface area contributed by atoms with Gasteiger partial charge in [-0.3, -0.25) is 4.79 Å². The molecule has 2 N–H and O–H groups in total. The number of ether oxygens (including phenoxy) is 1. The van der Waals surface area contributed by atoms with Gasteiger partial charge in [-0.05, 0) is 48.0 Å². The Morgan fingerprint density at radius 3 is 2.42 bits per heavy atom. The average molecular weight is 519 g/mol. The van der Waals surface area contributed by atoms with E-state index in [-0.39, 0.29) is 11.4 Å². The molecule has 0 aliphatic rings. The molecule has 1 aromatic heterocycles. The van der Waals surface area contributed by atoms with Crippen molar-refractivity contribution in [1.29, 1.82) is 5.26 Å². The molecule has 0 aliphatic heterocycles. The van der Waals surface area contributed by atoms with Crippen LogP contribution < -0.4 is 10.2 Å². The van der Waals surface area contributed by atoms with Crippen molar-refractivity contribution in [3.8, 4) is 22.9 Å². The van der Waals surface area contributed by atoms with E-state index >= 15 is 0 Å². The van der Waals surface area contributed by atoms with Crippen LogP contribution in [0.25, 0.3) is 22.0 Å². The molecule has 0 fully saturated rings. The third kappa shape index (κ3) is 5.03. The van der Waals surface area contributed by atoms with Crippen LogP contribution in [0.2, 0.25) is 5.02 Å². The number of halogens is 1. The number of nitrogens with zero attached hydrogens (tertiary/aromatic N) is 2. The monoisotopic (exact) mass is 518 g/mol. The number of hydrazone groups is 1. The van der Waals surface area contributed by atoms with E-state index in [1.54, 1.807) is 60.7 Å². The number of nitrogens with one attached hydrogen (secondary N) is 2. The van der Waals surface area contributed by atoms with E-state index in [1.807, 2.05) is 36.4 Å². The number of fused-ring (bicyclic) bond motifs is 1. The highest BCUT2D eigenvalue weighted by Gasteiger charge is 2.20. The fourth-order valence-electron chi connectivity index (χ4n) is 4.03. The molecule has 4 aromatic carbocycles. The molecular weight excluding hydrogens is 500 g/mol. The van der Waals surface area contributed by atoms with Gasteiger partial charge in [-0.1, -0.05) is 66.2 Å². The van der Waals surface area contributed by atoms with E-state index in [2.05, 4.69) is 21.6 Å². The molecule has 0 aliphatic carbocycles.